The molecule has 0 aromatic carbocycles. The number of alkyl halides is 1. The maximum Gasteiger partial charge on any atom is 0.0774 e. The molecular weight excluding hydrogens is 236 g/mol. The Morgan fingerprint density at radius 1 is 1.50 bits per heavy atom. The van der Waals surface area contributed by atoms with Crippen LogP contribution in [0.2, 0.25) is 0 Å². The van der Waals surface area contributed by atoms with E-state index in [9.17, 15) is 0 Å². The summed E-state index contributed by atoms with van der Waals surface area (Å²) in [6.45, 7) is 0.150. The average molecular weight is 247 g/mol. The molecule has 0 atom stereocenters. The minimum absolute atomic E-state index is 0.150. The van der Waals surface area contributed by atoms with E-state index in [1.165, 1.54) is 4.88 Å². The van der Waals surface area contributed by atoms with E-state index >= 15 is 0 Å². The third-order valence-electron chi connectivity index (χ3n) is 1.40. The first-order chi connectivity index (χ1) is 5.86. The van der Waals surface area contributed by atoms with Crippen LogP contribution in [0.3, 0.4) is 0 Å². The van der Waals surface area contributed by atoms with Gasteiger partial charge in [0.2, 0.25) is 0 Å². The molecule has 0 fully saturated rings. The van der Waals surface area contributed by atoms with Gasteiger partial charge in [0.15, 0.2) is 0 Å². The highest BCUT2D eigenvalue weighted by Crippen LogP contribution is 2.17. The molecule has 66 valence electrons. The lowest BCUT2D eigenvalue weighted by molar-refractivity contribution is 0.285. The summed E-state index contributed by atoms with van der Waals surface area (Å²) in [4.78, 5) is 2.23. The standard InChI is InChI=1S/C9H11BrOS/c10-6-2-1-3-8-4-5-9(7-11)12-8/h1,3-5,11H,2,6-7H2. The molecule has 0 amide bonds. The lowest BCUT2D eigenvalue weighted by Crippen LogP contribution is -1.69. The molecule has 0 spiro atoms. The van der Waals surface area contributed by atoms with Gasteiger partial charge >= 0.3 is 0 Å². The highest BCUT2D eigenvalue weighted by molar-refractivity contribution is 9.09. The van der Waals surface area contributed by atoms with Crippen LogP contribution in [0.1, 0.15) is 16.2 Å². The van der Waals surface area contributed by atoms with Crippen molar-refractivity contribution in [2.45, 2.75) is 13.0 Å². The molecule has 0 unspecified atom stereocenters. The lowest BCUT2D eigenvalue weighted by atomic mass is 10.3. The minimum atomic E-state index is 0.150. The largest absolute Gasteiger partial charge is 0.391 e. The smallest absolute Gasteiger partial charge is 0.0774 e. The van der Waals surface area contributed by atoms with Gasteiger partial charge in [-0.25, -0.2) is 0 Å². The van der Waals surface area contributed by atoms with Gasteiger partial charge in [0.05, 0.1) is 6.61 Å². The van der Waals surface area contributed by atoms with Gasteiger partial charge in [-0.15, -0.1) is 11.3 Å². The number of thiophene rings is 1. The van der Waals surface area contributed by atoms with E-state index in [1.54, 1.807) is 11.3 Å². The Morgan fingerprint density at radius 2 is 2.33 bits per heavy atom. The zero-order valence-electron chi connectivity index (χ0n) is 6.66. The molecule has 1 N–H and O–H groups in total. The zero-order valence-corrected chi connectivity index (χ0v) is 9.07. The quantitative estimate of drug-likeness (QED) is 0.811. The van der Waals surface area contributed by atoms with E-state index in [0.717, 1.165) is 16.6 Å². The van der Waals surface area contributed by atoms with Crippen molar-refractivity contribution < 1.29 is 5.11 Å². The number of rotatable bonds is 4. The highest BCUT2D eigenvalue weighted by atomic mass is 79.9. The van der Waals surface area contributed by atoms with Crippen LogP contribution >= 0.6 is 27.3 Å². The van der Waals surface area contributed by atoms with Crippen molar-refractivity contribution in [2.24, 2.45) is 0 Å². The van der Waals surface area contributed by atoms with Crippen LogP contribution in [0.5, 0.6) is 0 Å². The predicted octanol–water partition coefficient (Wildman–Crippen LogP) is 3.04. The number of aliphatic hydroxyl groups excluding tert-OH is 1. The van der Waals surface area contributed by atoms with E-state index in [-0.39, 0.29) is 6.61 Å². The highest BCUT2D eigenvalue weighted by Gasteiger charge is 1.93. The molecule has 1 heterocycles. The molecule has 0 aliphatic carbocycles. The van der Waals surface area contributed by atoms with Gasteiger partial charge < -0.3 is 5.11 Å². The summed E-state index contributed by atoms with van der Waals surface area (Å²) < 4.78 is 0. The molecule has 0 radical (unpaired) electrons. The van der Waals surface area contributed by atoms with Crippen molar-refractivity contribution in [1.29, 1.82) is 0 Å². The summed E-state index contributed by atoms with van der Waals surface area (Å²) in [5, 5.41) is 9.80. The van der Waals surface area contributed by atoms with E-state index in [4.69, 9.17) is 5.11 Å². The summed E-state index contributed by atoms with van der Waals surface area (Å²) in [7, 11) is 0. The summed E-state index contributed by atoms with van der Waals surface area (Å²) >= 11 is 4.99. The fourth-order valence-corrected chi connectivity index (χ4v) is 1.90. The van der Waals surface area contributed by atoms with E-state index < -0.39 is 0 Å². The molecule has 0 aliphatic heterocycles. The SMILES string of the molecule is OCc1ccc(C=CCCBr)s1. The molecule has 1 aromatic rings. The second-order valence-electron chi connectivity index (χ2n) is 2.34. The number of hydrogen-bond acceptors (Lipinski definition) is 2. The topological polar surface area (TPSA) is 20.2 Å². The van der Waals surface area contributed by atoms with Crippen LogP contribution in [0.4, 0.5) is 0 Å². The van der Waals surface area contributed by atoms with Crippen LogP contribution in [0.15, 0.2) is 18.2 Å². The van der Waals surface area contributed by atoms with E-state index in [0.29, 0.717) is 0 Å². The first-order valence-corrected chi connectivity index (χ1v) is 5.72. The monoisotopic (exact) mass is 246 g/mol. The van der Waals surface area contributed by atoms with Crippen molar-refractivity contribution in [2.75, 3.05) is 5.33 Å². The van der Waals surface area contributed by atoms with Gasteiger partial charge in [0.25, 0.3) is 0 Å². The van der Waals surface area contributed by atoms with Crippen molar-refractivity contribution in [3.05, 3.63) is 28.0 Å². The van der Waals surface area contributed by atoms with Crippen LogP contribution in [0, 0.1) is 0 Å². The first-order valence-electron chi connectivity index (χ1n) is 3.79. The number of allylic oxidation sites excluding steroid dienone is 1. The number of hydrogen-bond donors (Lipinski definition) is 1. The second kappa shape index (κ2) is 5.51. The molecule has 0 saturated carbocycles. The summed E-state index contributed by atoms with van der Waals surface area (Å²) in [5.41, 5.74) is 0. The Kier molecular flexibility index (Phi) is 4.58. The van der Waals surface area contributed by atoms with E-state index in [2.05, 4.69) is 28.1 Å². The van der Waals surface area contributed by atoms with Crippen molar-refractivity contribution in [3.63, 3.8) is 0 Å². The molecule has 1 aromatic heterocycles. The summed E-state index contributed by atoms with van der Waals surface area (Å²) in [6, 6.07) is 3.99. The maximum absolute atomic E-state index is 8.80. The van der Waals surface area contributed by atoms with E-state index in [1.807, 2.05) is 12.1 Å². The normalized spacial score (nSPS) is 11.2. The maximum atomic E-state index is 8.80. The molecule has 0 saturated heterocycles. The van der Waals surface area contributed by atoms with Gasteiger partial charge in [-0.2, -0.15) is 0 Å². The van der Waals surface area contributed by atoms with Gasteiger partial charge in [-0.3, -0.25) is 0 Å². The van der Waals surface area contributed by atoms with Crippen LogP contribution in [-0.2, 0) is 6.61 Å². The van der Waals surface area contributed by atoms with Crippen molar-refractivity contribution >= 4 is 33.3 Å². The second-order valence-corrected chi connectivity index (χ2v) is 4.34. The van der Waals surface area contributed by atoms with Crippen molar-refractivity contribution in [3.8, 4) is 0 Å². The van der Waals surface area contributed by atoms with Crippen LogP contribution in [0.25, 0.3) is 6.08 Å². The number of halogens is 1. The first kappa shape index (κ1) is 9.96. The third kappa shape index (κ3) is 3.09. The van der Waals surface area contributed by atoms with Crippen LogP contribution in [-0.4, -0.2) is 10.4 Å². The molecule has 1 nitrogen and oxygen atoms in total. The molecule has 3 heteroatoms. The fourth-order valence-electron chi connectivity index (χ4n) is 0.832. The predicted molar refractivity (Wildman–Crippen MR) is 57.7 cm³/mol. The van der Waals surface area contributed by atoms with Gasteiger partial charge in [-0.05, 0) is 24.6 Å². The molecule has 1 rings (SSSR count). The Bertz CT molecular complexity index is 255. The summed E-state index contributed by atoms with van der Waals surface area (Å²) in [5.74, 6) is 0. The Labute approximate surface area is 84.9 Å². The average Bonchev–Trinajstić information content (AvgIpc) is 2.53. The van der Waals surface area contributed by atoms with Crippen LogP contribution < -0.4 is 0 Å². The van der Waals surface area contributed by atoms with Gasteiger partial charge in [0, 0.05) is 15.1 Å². The molecular formula is C9H11BrOS. The van der Waals surface area contributed by atoms with Gasteiger partial charge in [-0.1, -0.05) is 22.0 Å². The van der Waals surface area contributed by atoms with Gasteiger partial charge in [0.1, 0.15) is 0 Å². The molecule has 12 heavy (non-hydrogen) atoms. The zero-order chi connectivity index (χ0) is 8.81. The Hall–Kier alpha value is -0.120. The Balaban J connectivity index is 2.51. The molecule has 0 bridgehead atoms. The van der Waals surface area contributed by atoms with Crippen molar-refractivity contribution in [1.82, 2.24) is 0 Å². The number of aliphatic hydroxyl groups is 1. The minimum Gasteiger partial charge on any atom is -0.391 e. The summed E-state index contributed by atoms with van der Waals surface area (Å²) in [6.07, 6.45) is 5.26. The molecule has 0 aliphatic rings. The Morgan fingerprint density at radius 3 is 2.92 bits per heavy atom. The fraction of sp³-hybridized carbons (Fsp3) is 0.333. The lowest BCUT2D eigenvalue weighted by Gasteiger charge is -1.84. The third-order valence-corrected chi connectivity index (χ3v) is 2.89.